The van der Waals surface area contributed by atoms with Gasteiger partial charge in [0, 0.05) is 28.2 Å². The third kappa shape index (κ3) is 7.22. The minimum absolute atomic E-state index is 0.126. The predicted molar refractivity (Wildman–Crippen MR) is 204 cm³/mol. The van der Waals surface area contributed by atoms with Crippen LogP contribution in [0.15, 0.2) is 72.9 Å². The number of rotatable bonds is 11. The van der Waals surface area contributed by atoms with Crippen molar-refractivity contribution in [2.45, 2.75) is 109 Å². The number of ether oxygens (including phenoxy) is 2. The molecule has 0 radical (unpaired) electrons. The molecule has 1 saturated carbocycles. The van der Waals surface area contributed by atoms with Crippen LogP contribution in [0.3, 0.4) is 0 Å². The highest BCUT2D eigenvalue weighted by molar-refractivity contribution is 6.30. The molecule has 4 aromatic rings. The Kier molecular flexibility index (Phi) is 10.1. The average Bonchev–Trinajstić information content (AvgIpc) is 3.39. The minimum atomic E-state index is -1.06. The standard InChI is InChI=1S/C44H51ClN2O4/c1-28-11-14-39(31(4)21-28)51-27-32-12-13-33-24-34(22-29(2)26-50-40-15-20-46-38-10-5-7-30(3)41(38)40)43(37(33)23-32)16-18-44(19-17-43,42(48)49)47-36-9-6-8-35(45)25-36/h6,8-9,11-15,20-21,23,25,29-30,34,47H,5,7,10,16-19,22,24,26-27H2,1-4H3,(H,48,49)/t29-,30-,34-,43?,44?/m1/s1. The van der Waals surface area contributed by atoms with Gasteiger partial charge in [-0.25, -0.2) is 4.79 Å². The molecule has 3 aliphatic rings. The predicted octanol–water partition coefficient (Wildman–Crippen LogP) is 10.4. The SMILES string of the molecule is Cc1ccc(OCc2ccc3c(c2)C2(CCC(Nc4cccc(Cl)c4)(C(=O)O)CC2)[C@H](C[C@@H](C)COc2ccnc4c2[C@H](C)CCC4)C3)c(C)c1. The molecule has 0 bridgehead atoms. The fraction of sp³-hybridized carbons (Fsp3) is 0.455. The fourth-order valence-corrected chi connectivity index (χ4v) is 9.55. The largest absolute Gasteiger partial charge is 0.493 e. The van der Waals surface area contributed by atoms with Crippen molar-refractivity contribution in [2.75, 3.05) is 11.9 Å². The van der Waals surface area contributed by atoms with Crippen molar-refractivity contribution in [1.29, 1.82) is 0 Å². The molecule has 1 heterocycles. The molecule has 3 atom stereocenters. The van der Waals surface area contributed by atoms with Crippen molar-refractivity contribution in [1.82, 2.24) is 4.98 Å². The summed E-state index contributed by atoms with van der Waals surface area (Å²) in [4.78, 5) is 17.7. The fourth-order valence-electron chi connectivity index (χ4n) is 9.36. The van der Waals surface area contributed by atoms with Gasteiger partial charge in [0.2, 0.25) is 0 Å². The van der Waals surface area contributed by atoms with E-state index in [1.165, 1.54) is 40.8 Å². The number of aliphatic carboxylic acids is 1. The molecule has 1 spiro atoms. The van der Waals surface area contributed by atoms with E-state index in [0.29, 0.717) is 48.8 Å². The quantitative estimate of drug-likeness (QED) is 0.162. The van der Waals surface area contributed by atoms with Crippen LogP contribution in [0.5, 0.6) is 11.5 Å². The number of aryl methyl sites for hydroxylation is 3. The Morgan fingerprint density at radius 2 is 1.84 bits per heavy atom. The maximum Gasteiger partial charge on any atom is 0.329 e. The average molecular weight is 707 g/mol. The van der Waals surface area contributed by atoms with E-state index in [1.807, 2.05) is 36.5 Å². The van der Waals surface area contributed by atoms with Gasteiger partial charge in [-0.3, -0.25) is 4.98 Å². The first-order chi connectivity index (χ1) is 24.5. The van der Waals surface area contributed by atoms with Gasteiger partial charge in [-0.2, -0.15) is 0 Å². The lowest BCUT2D eigenvalue weighted by Crippen LogP contribution is -2.53. The maximum atomic E-state index is 13.0. The van der Waals surface area contributed by atoms with Gasteiger partial charge in [-0.1, -0.05) is 67.4 Å². The number of anilines is 1. The molecule has 0 unspecified atom stereocenters. The number of nitrogens with zero attached hydrogens (tertiary/aromatic N) is 1. The summed E-state index contributed by atoms with van der Waals surface area (Å²) in [7, 11) is 0. The Bertz CT molecular complexity index is 1900. The zero-order valence-corrected chi connectivity index (χ0v) is 31.2. The van der Waals surface area contributed by atoms with Crippen molar-refractivity contribution in [3.05, 3.63) is 117 Å². The van der Waals surface area contributed by atoms with Gasteiger partial charge >= 0.3 is 5.97 Å². The number of carboxylic acid groups (broad SMARTS) is 1. The molecular weight excluding hydrogens is 656 g/mol. The van der Waals surface area contributed by atoms with E-state index >= 15 is 0 Å². The molecule has 0 saturated heterocycles. The third-order valence-corrected chi connectivity index (χ3v) is 12.3. The molecule has 51 heavy (non-hydrogen) atoms. The van der Waals surface area contributed by atoms with Crippen LogP contribution in [0.1, 0.15) is 104 Å². The van der Waals surface area contributed by atoms with Gasteiger partial charge in [0.05, 0.1) is 6.61 Å². The van der Waals surface area contributed by atoms with Gasteiger partial charge < -0.3 is 19.9 Å². The smallest absolute Gasteiger partial charge is 0.329 e. The van der Waals surface area contributed by atoms with Crippen molar-refractivity contribution in [3.8, 4) is 11.5 Å². The molecule has 1 fully saturated rings. The van der Waals surface area contributed by atoms with Crippen LogP contribution < -0.4 is 14.8 Å². The Hall–Kier alpha value is -4.03. The molecule has 7 heteroatoms. The highest BCUT2D eigenvalue weighted by atomic mass is 35.5. The number of pyridine rings is 1. The van der Waals surface area contributed by atoms with E-state index in [4.69, 9.17) is 21.1 Å². The summed E-state index contributed by atoms with van der Waals surface area (Å²) < 4.78 is 12.9. The zero-order valence-electron chi connectivity index (χ0n) is 30.4. The Morgan fingerprint density at radius 3 is 2.61 bits per heavy atom. The molecule has 3 aliphatic carbocycles. The number of hydrogen-bond donors (Lipinski definition) is 2. The second-order valence-corrected chi connectivity index (χ2v) is 16.2. The van der Waals surface area contributed by atoms with Crippen LogP contribution >= 0.6 is 11.6 Å². The first kappa shape index (κ1) is 35.4. The van der Waals surface area contributed by atoms with E-state index in [-0.39, 0.29) is 5.41 Å². The van der Waals surface area contributed by atoms with Crippen LogP contribution in [0, 0.1) is 25.7 Å². The van der Waals surface area contributed by atoms with Gasteiger partial charge in [0.1, 0.15) is 23.6 Å². The topological polar surface area (TPSA) is 80.7 Å². The van der Waals surface area contributed by atoms with Gasteiger partial charge in [-0.05, 0) is 147 Å². The molecule has 3 aromatic carbocycles. The molecule has 268 valence electrons. The van der Waals surface area contributed by atoms with Crippen LogP contribution in [-0.4, -0.2) is 28.2 Å². The first-order valence-electron chi connectivity index (χ1n) is 18.8. The van der Waals surface area contributed by atoms with Crippen LogP contribution in [0.25, 0.3) is 0 Å². The second-order valence-electron chi connectivity index (χ2n) is 15.7. The molecule has 7 rings (SSSR count). The lowest BCUT2D eigenvalue weighted by molar-refractivity contribution is -0.144. The number of benzene rings is 3. The lowest BCUT2D eigenvalue weighted by atomic mass is 9.59. The Balaban J connectivity index is 1.14. The summed E-state index contributed by atoms with van der Waals surface area (Å²) in [5, 5.41) is 14.7. The van der Waals surface area contributed by atoms with E-state index in [0.717, 1.165) is 60.4 Å². The monoisotopic (exact) mass is 706 g/mol. The molecule has 0 amide bonds. The van der Waals surface area contributed by atoms with Crippen LogP contribution in [0.4, 0.5) is 5.69 Å². The molecule has 2 N–H and O–H groups in total. The molecule has 0 aliphatic heterocycles. The van der Waals surface area contributed by atoms with Gasteiger partial charge in [0.25, 0.3) is 0 Å². The number of carboxylic acids is 1. The van der Waals surface area contributed by atoms with E-state index in [9.17, 15) is 9.90 Å². The molecular formula is C44H51ClN2O4. The number of nitrogens with one attached hydrogen (secondary N) is 1. The van der Waals surface area contributed by atoms with Crippen LogP contribution in [0.2, 0.25) is 5.02 Å². The van der Waals surface area contributed by atoms with Crippen molar-refractivity contribution >= 4 is 23.3 Å². The van der Waals surface area contributed by atoms with Crippen molar-refractivity contribution < 1.29 is 19.4 Å². The normalized spacial score (nSPS) is 24.4. The number of carbonyl (C=O) groups is 1. The third-order valence-electron chi connectivity index (χ3n) is 12.1. The summed E-state index contributed by atoms with van der Waals surface area (Å²) >= 11 is 6.30. The number of aromatic nitrogens is 1. The Labute approximate surface area is 308 Å². The van der Waals surface area contributed by atoms with Crippen molar-refractivity contribution in [2.24, 2.45) is 11.8 Å². The summed E-state index contributed by atoms with van der Waals surface area (Å²) in [6.45, 7) is 9.93. The highest BCUT2D eigenvalue weighted by Crippen LogP contribution is 2.56. The molecule has 1 aromatic heterocycles. The second kappa shape index (κ2) is 14.5. The van der Waals surface area contributed by atoms with Gasteiger partial charge in [-0.15, -0.1) is 0 Å². The van der Waals surface area contributed by atoms with E-state index in [1.54, 1.807) is 0 Å². The minimum Gasteiger partial charge on any atom is -0.493 e. The van der Waals surface area contributed by atoms with Crippen LogP contribution in [-0.2, 0) is 29.7 Å². The van der Waals surface area contributed by atoms with Gasteiger partial charge in [0.15, 0.2) is 0 Å². The zero-order chi connectivity index (χ0) is 35.8. The van der Waals surface area contributed by atoms with Crippen molar-refractivity contribution in [3.63, 3.8) is 0 Å². The Morgan fingerprint density at radius 1 is 1.02 bits per heavy atom. The lowest BCUT2D eigenvalue weighted by Gasteiger charge is -2.47. The first-order valence-corrected chi connectivity index (χ1v) is 19.1. The highest BCUT2D eigenvalue weighted by Gasteiger charge is 2.54. The summed E-state index contributed by atoms with van der Waals surface area (Å²) in [6.07, 6.45) is 9.91. The number of halogens is 1. The number of fused-ring (bicyclic) bond motifs is 3. The summed E-state index contributed by atoms with van der Waals surface area (Å²) in [5.74, 6) is 2.26. The van der Waals surface area contributed by atoms with E-state index < -0.39 is 11.5 Å². The maximum absolute atomic E-state index is 13.0. The summed E-state index contributed by atoms with van der Waals surface area (Å²) in [5.41, 5.74) is 8.30. The summed E-state index contributed by atoms with van der Waals surface area (Å²) in [6, 6.07) is 22.6. The number of hydrogen-bond acceptors (Lipinski definition) is 5. The van der Waals surface area contributed by atoms with E-state index in [2.05, 4.69) is 74.4 Å². The molecule has 6 nitrogen and oxygen atoms in total.